The molecule has 5 heteroatoms. The summed E-state index contributed by atoms with van der Waals surface area (Å²) in [6.45, 7) is 2.62. The van der Waals surface area contributed by atoms with Crippen molar-refractivity contribution in [3.63, 3.8) is 0 Å². The zero-order valence-corrected chi connectivity index (χ0v) is 13.1. The van der Waals surface area contributed by atoms with E-state index in [0.29, 0.717) is 21.6 Å². The highest BCUT2D eigenvalue weighted by molar-refractivity contribution is 7.17. The number of hydrogen-bond donors (Lipinski definition) is 1. The minimum atomic E-state index is -0.987. The van der Waals surface area contributed by atoms with Gasteiger partial charge in [-0.25, -0.2) is 4.79 Å². The fourth-order valence-corrected chi connectivity index (χ4v) is 2.85. The zero-order valence-electron chi connectivity index (χ0n) is 11.5. The molecule has 110 valence electrons. The number of aliphatic carboxylic acids is 1. The van der Waals surface area contributed by atoms with Crippen LogP contribution < -0.4 is 4.74 Å². The molecular formula is C16H15ClO3S. The lowest BCUT2D eigenvalue weighted by Gasteiger charge is -2.08. The van der Waals surface area contributed by atoms with Gasteiger partial charge in [-0.05, 0) is 30.7 Å². The molecule has 0 unspecified atom stereocenters. The Hall–Kier alpha value is -1.78. The van der Waals surface area contributed by atoms with Crippen LogP contribution in [0, 0.1) is 0 Å². The normalized spacial score (nSPS) is 11.4. The van der Waals surface area contributed by atoms with Crippen LogP contribution in [0.2, 0.25) is 4.34 Å². The molecule has 0 aliphatic carbocycles. The van der Waals surface area contributed by atoms with Crippen molar-refractivity contribution in [1.82, 2.24) is 0 Å². The van der Waals surface area contributed by atoms with Gasteiger partial charge in [-0.2, -0.15) is 0 Å². The van der Waals surface area contributed by atoms with Crippen molar-refractivity contribution in [1.29, 1.82) is 0 Å². The monoisotopic (exact) mass is 322 g/mol. The van der Waals surface area contributed by atoms with Crippen LogP contribution >= 0.6 is 22.9 Å². The molecule has 1 N–H and O–H groups in total. The third-order valence-corrected chi connectivity index (χ3v) is 4.01. The lowest BCUT2D eigenvalue weighted by molar-refractivity contribution is -0.130. The summed E-state index contributed by atoms with van der Waals surface area (Å²) in [6, 6.07) is 10.8. The van der Waals surface area contributed by atoms with Crippen molar-refractivity contribution in [2.24, 2.45) is 0 Å². The molecule has 0 bridgehead atoms. The Morgan fingerprint density at radius 3 is 2.71 bits per heavy atom. The van der Waals surface area contributed by atoms with Crippen LogP contribution in [0.4, 0.5) is 0 Å². The largest absolute Gasteiger partial charge is 0.493 e. The van der Waals surface area contributed by atoms with E-state index in [-0.39, 0.29) is 5.57 Å². The molecule has 0 aliphatic rings. The van der Waals surface area contributed by atoms with Crippen LogP contribution in [0.1, 0.15) is 23.8 Å². The van der Waals surface area contributed by atoms with Crippen LogP contribution in [0.3, 0.4) is 0 Å². The fourth-order valence-electron chi connectivity index (χ4n) is 1.80. The van der Waals surface area contributed by atoms with Gasteiger partial charge in [0.1, 0.15) is 5.75 Å². The van der Waals surface area contributed by atoms with Gasteiger partial charge in [-0.1, -0.05) is 36.7 Å². The Bertz CT molecular complexity index is 661. The van der Waals surface area contributed by atoms with Gasteiger partial charge in [0.15, 0.2) is 0 Å². The maximum atomic E-state index is 11.5. The molecule has 0 spiro atoms. The lowest BCUT2D eigenvalue weighted by Crippen LogP contribution is -2.00. The fraction of sp³-hybridized carbons (Fsp3) is 0.188. The van der Waals surface area contributed by atoms with E-state index < -0.39 is 5.97 Å². The number of halogens is 1. The number of benzene rings is 1. The number of carboxylic acids is 1. The van der Waals surface area contributed by atoms with Gasteiger partial charge >= 0.3 is 5.97 Å². The summed E-state index contributed by atoms with van der Waals surface area (Å²) in [4.78, 5) is 12.1. The first-order valence-corrected chi connectivity index (χ1v) is 7.73. The second-order valence-corrected chi connectivity index (χ2v) is 6.07. The number of rotatable bonds is 6. The summed E-state index contributed by atoms with van der Waals surface area (Å²) in [5.41, 5.74) is 0.951. The standard InChI is InChI=1S/C16H15ClO3S/c1-2-9-20-13-6-4-3-5-11(13)10-12(16(18)19)14-7-8-15(17)21-14/h3-8,10H,2,9H2,1H3,(H,18,19)/b12-10-. The third kappa shape index (κ3) is 4.09. The molecular weight excluding hydrogens is 308 g/mol. The van der Waals surface area contributed by atoms with Gasteiger partial charge in [0.05, 0.1) is 16.5 Å². The van der Waals surface area contributed by atoms with E-state index in [1.807, 2.05) is 31.2 Å². The summed E-state index contributed by atoms with van der Waals surface area (Å²) < 4.78 is 6.21. The van der Waals surface area contributed by atoms with Gasteiger partial charge < -0.3 is 9.84 Å². The Kier molecular flexibility index (Phi) is 5.42. The van der Waals surface area contributed by atoms with E-state index >= 15 is 0 Å². The van der Waals surface area contributed by atoms with Crippen LogP contribution in [0.15, 0.2) is 36.4 Å². The second kappa shape index (κ2) is 7.29. The molecule has 0 atom stereocenters. The summed E-state index contributed by atoms with van der Waals surface area (Å²) >= 11 is 7.13. The SMILES string of the molecule is CCCOc1ccccc1/C=C(\C(=O)O)c1ccc(Cl)s1. The highest BCUT2D eigenvalue weighted by Crippen LogP contribution is 2.31. The van der Waals surface area contributed by atoms with Crippen molar-refractivity contribution in [2.75, 3.05) is 6.61 Å². The minimum Gasteiger partial charge on any atom is -0.493 e. The van der Waals surface area contributed by atoms with E-state index in [1.54, 1.807) is 18.2 Å². The summed E-state index contributed by atoms with van der Waals surface area (Å²) in [6.07, 6.45) is 2.51. The molecule has 2 rings (SSSR count). The van der Waals surface area contributed by atoms with Crippen LogP contribution in [-0.4, -0.2) is 17.7 Å². The number of carboxylic acid groups (broad SMARTS) is 1. The summed E-state index contributed by atoms with van der Waals surface area (Å²) in [5, 5.41) is 9.42. The maximum Gasteiger partial charge on any atom is 0.337 e. The van der Waals surface area contributed by atoms with Crippen molar-refractivity contribution in [2.45, 2.75) is 13.3 Å². The number of para-hydroxylation sites is 1. The maximum absolute atomic E-state index is 11.5. The zero-order chi connectivity index (χ0) is 15.2. The number of carbonyl (C=O) groups is 1. The van der Waals surface area contributed by atoms with Crippen molar-refractivity contribution < 1.29 is 14.6 Å². The molecule has 21 heavy (non-hydrogen) atoms. The van der Waals surface area contributed by atoms with Gasteiger partial charge in [-0.15, -0.1) is 11.3 Å². The molecule has 0 saturated heterocycles. The Morgan fingerprint density at radius 2 is 2.10 bits per heavy atom. The molecule has 0 aliphatic heterocycles. The average molecular weight is 323 g/mol. The molecule has 0 fully saturated rings. The smallest absolute Gasteiger partial charge is 0.337 e. The van der Waals surface area contributed by atoms with Gasteiger partial charge in [0, 0.05) is 10.4 Å². The number of hydrogen-bond acceptors (Lipinski definition) is 3. The van der Waals surface area contributed by atoms with Crippen LogP contribution in [0.25, 0.3) is 11.6 Å². The first kappa shape index (κ1) is 15.6. The van der Waals surface area contributed by atoms with Gasteiger partial charge in [-0.3, -0.25) is 0 Å². The van der Waals surface area contributed by atoms with E-state index in [0.717, 1.165) is 12.0 Å². The van der Waals surface area contributed by atoms with Crippen molar-refractivity contribution in [3.05, 3.63) is 51.2 Å². The molecule has 3 nitrogen and oxygen atoms in total. The summed E-state index contributed by atoms with van der Waals surface area (Å²) in [7, 11) is 0. The predicted octanol–water partition coefficient (Wildman–Crippen LogP) is 4.82. The van der Waals surface area contributed by atoms with Gasteiger partial charge in [0.25, 0.3) is 0 Å². The molecule has 2 aromatic rings. The predicted molar refractivity (Wildman–Crippen MR) is 87.1 cm³/mol. The molecule has 1 heterocycles. The van der Waals surface area contributed by atoms with E-state index in [1.165, 1.54) is 11.3 Å². The number of thiophene rings is 1. The average Bonchev–Trinajstić information content (AvgIpc) is 2.89. The highest BCUT2D eigenvalue weighted by Gasteiger charge is 2.14. The topological polar surface area (TPSA) is 46.5 Å². The van der Waals surface area contributed by atoms with E-state index in [4.69, 9.17) is 16.3 Å². The third-order valence-electron chi connectivity index (χ3n) is 2.75. The molecule has 0 radical (unpaired) electrons. The van der Waals surface area contributed by atoms with Crippen LogP contribution in [-0.2, 0) is 4.79 Å². The van der Waals surface area contributed by atoms with Crippen LogP contribution in [0.5, 0.6) is 5.75 Å². The van der Waals surface area contributed by atoms with Gasteiger partial charge in [0.2, 0.25) is 0 Å². The first-order valence-electron chi connectivity index (χ1n) is 6.54. The lowest BCUT2D eigenvalue weighted by atomic mass is 10.1. The van der Waals surface area contributed by atoms with E-state index in [2.05, 4.69) is 0 Å². The Morgan fingerprint density at radius 1 is 1.33 bits per heavy atom. The molecule has 0 saturated carbocycles. The molecule has 1 aromatic heterocycles. The number of ether oxygens (including phenoxy) is 1. The second-order valence-electron chi connectivity index (χ2n) is 4.35. The Balaban J connectivity index is 2.41. The highest BCUT2D eigenvalue weighted by atomic mass is 35.5. The van der Waals surface area contributed by atoms with E-state index in [9.17, 15) is 9.90 Å². The van der Waals surface area contributed by atoms with Crippen molar-refractivity contribution in [3.8, 4) is 5.75 Å². The Labute approximate surface area is 132 Å². The minimum absolute atomic E-state index is 0.208. The summed E-state index contributed by atoms with van der Waals surface area (Å²) in [5.74, 6) is -0.306. The quantitative estimate of drug-likeness (QED) is 0.776. The first-order chi connectivity index (χ1) is 10.1. The van der Waals surface area contributed by atoms with Crippen molar-refractivity contribution >= 4 is 40.6 Å². The molecule has 1 aromatic carbocycles. The molecule has 0 amide bonds.